The topological polar surface area (TPSA) is 64.8 Å². The molecule has 0 bridgehead atoms. The smallest absolute Gasteiger partial charge is 0.169 e. The lowest BCUT2D eigenvalue weighted by Crippen LogP contribution is -2.40. The van der Waals surface area contributed by atoms with Gasteiger partial charge in [0.1, 0.15) is 11.6 Å². The van der Waals surface area contributed by atoms with Gasteiger partial charge in [-0.3, -0.25) is 0 Å². The maximum Gasteiger partial charge on any atom is 0.169 e. The molecule has 5 nitrogen and oxygen atoms in total. The van der Waals surface area contributed by atoms with Crippen LogP contribution in [0.5, 0.6) is 0 Å². The molecule has 2 unspecified atom stereocenters. The second kappa shape index (κ2) is 4.78. The highest BCUT2D eigenvalue weighted by Gasteiger charge is 2.36. The van der Waals surface area contributed by atoms with Crippen molar-refractivity contribution in [3.63, 3.8) is 0 Å². The van der Waals surface area contributed by atoms with Crippen LogP contribution in [0.15, 0.2) is 0 Å². The van der Waals surface area contributed by atoms with Gasteiger partial charge in [-0.25, -0.2) is 0 Å². The molecule has 3 rings (SSSR count). The van der Waals surface area contributed by atoms with E-state index in [2.05, 4.69) is 26.5 Å². The minimum absolute atomic E-state index is 0.545. The van der Waals surface area contributed by atoms with Gasteiger partial charge in [-0.2, -0.15) is 10.4 Å². The third-order valence-electron chi connectivity index (χ3n) is 4.45. The quantitative estimate of drug-likeness (QED) is 0.817. The van der Waals surface area contributed by atoms with Crippen LogP contribution in [0.25, 0.3) is 0 Å². The first-order valence-corrected chi connectivity index (χ1v) is 6.93. The average molecular weight is 257 g/mol. The molecule has 0 saturated carbocycles. The Balaban J connectivity index is 1.91. The second-order valence-electron chi connectivity index (χ2n) is 5.59. The average Bonchev–Trinajstić information content (AvgIpc) is 2.85. The van der Waals surface area contributed by atoms with E-state index in [-0.39, 0.29) is 0 Å². The third kappa shape index (κ3) is 2.06. The molecular formula is C14H19N5. The van der Waals surface area contributed by atoms with E-state index in [1.54, 1.807) is 0 Å². The van der Waals surface area contributed by atoms with Gasteiger partial charge >= 0.3 is 0 Å². The fraction of sp³-hybridized carbons (Fsp3) is 0.643. The first-order chi connectivity index (χ1) is 9.20. The number of rotatable bonds is 1. The Hall–Kier alpha value is -1.67. The number of fused-ring (bicyclic) bond motifs is 1. The lowest BCUT2D eigenvalue weighted by atomic mass is 9.94. The summed E-state index contributed by atoms with van der Waals surface area (Å²) in [6.45, 7) is 6.89. The van der Waals surface area contributed by atoms with Crippen molar-refractivity contribution >= 4 is 5.82 Å². The molecule has 0 aliphatic carbocycles. The molecule has 0 spiro atoms. The van der Waals surface area contributed by atoms with E-state index < -0.39 is 0 Å². The molecule has 3 heterocycles. The highest BCUT2D eigenvalue weighted by Crippen LogP contribution is 2.30. The molecular weight excluding hydrogens is 238 g/mol. The van der Waals surface area contributed by atoms with E-state index in [9.17, 15) is 5.26 Å². The molecule has 1 aromatic heterocycles. The molecule has 0 amide bonds. The SMILES string of the molecule is Cc1nnc(N2CC3CCCNC3C2)c(C#N)c1C. The van der Waals surface area contributed by atoms with Crippen molar-refractivity contribution in [2.45, 2.75) is 32.7 Å². The number of hydrogen-bond acceptors (Lipinski definition) is 5. The van der Waals surface area contributed by atoms with E-state index in [1.165, 1.54) is 12.8 Å². The summed E-state index contributed by atoms with van der Waals surface area (Å²) in [5, 5.41) is 21.4. The molecule has 2 fully saturated rings. The van der Waals surface area contributed by atoms with Crippen LogP contribution in [0.4, 0.5) is 5.82 Å². The number of nitrogens with one attached hydrogen (secondary N) is 1. The summed E-state index contributed by atoms with van der Waals surface area (Å²) >= 11 is 0. The van der Waals surface area contributed by atoms with Gasteiger partial charge in [0.25, 0.3) is 0 Å². The largest absolute Gasteiger partial charge is 0.352 e. The zero-order valence-electron chi connectivity index (χ0n) is 11.5. The van der Waals surface area contributed by atoms with Crippen LogP contribution in [0.1, 0.15) is 29.7 Å². The highest BCUT2D eigenvalue weighted by molar-refractivity contribution is 5.58. The van der Waals surface area contributed by atoms with Crippen LogP contribution in [-0.4, -0.2) is 35.9 Å². The van der Waals surface area contributed by atoms with Gasteiger partial charge in [0.2, 0.25) is 0 Å². The van der Waals surface area contributed by atoms with Crippen LogP contribution in [-0.2, 0) is 0 Å². The summed E-state index contributed by atoms with van der Waals surface area (Å²) in [7, 11) is 0. The molecule has 1 N–H and O–H groups in total. The van der Waals surface area contributed by atoms with E-state index in [0.29, 0.717) is 17.5 Å². The lowest BCUT2D eigenvalue weighted by Gasteiger charge is -2.24. The van der Waals surface area contributed by atoms with Crippen molar-refractivity contribution in [3.8, 4) is 6.07 Å². The second-order valence-corrected chi connectivity index (χ2v) is 5.59. The van der Waals surface area contributed by atoms with E-state index in [0.717, 1.165) is 36.7 Å². The summed E-state index contributed by atoms with van der Waals surface area (Å²) in [5.74, 6) is 1.45. The number of nitriles is 1. The number of anilines is 1. The molecule has 5 heteroatoms. The molecule has 0 radical (unpaired) electrons. The van der Waals surface area contributed by atoms with Crippen molar-refractivity contribution in [2.75, 3.05) is 24.5 Å². The van der Waals surface area contributed by atoms with Crippen molar-refractivity contribution < 1.29 is 0 Å². The maximum absolute atomic E-state index is 9.38. The normalized spacial score (nSPS) is 26.1. The minimum Gasteiger partial charge on any atom is -0.352 e. The standard InChI is InChI=1S/C14H19N5/c1-9-10(2)17-18-14(12(9)6-15)19-7-11-4-3-5-16-13(11)8-19/h11,13,16H,3-5,7-8H2,1-2H3. The Morgan fingerprint density at radius 1 is 1.32 bits per heavy atom. The summed E-state index contributed by atoms with van der Waals surface area (Å²) in [4.78, 5) is 2.23. The Kier molecular flexibility index (Phi) is 3.11. The van der Waals surface area contributed by atoms with Crippen molar-refractivity contribution in [2.24, 2.45) is 5.92 Å². The fourth-order valence-corrected chi connectivity index (χ4v) is 3.17. The maximum atomic E-state index is 9.38. The van der Waals surface area contributed by atoms with Crippen LogP contribution < -0.4 is 10.2 Å². The zero-order chi connectivity index (χ0) is 13.4. The summed E-state index contributed by atoms with van der Waals surface area (Å²) < 4.78 is 0. The van der Waals surface area contributed by atoms with E-state index in [4.69, 9.17) is 0 Å². The van der Waals surface area contributed by atoms with Crippen molar-refractivity contribution in [3.05, 3.63) is 16.8 Å². The number of aryl methyl sites for hydroxylation is 1. The molecule has 2 aliphatic rings. The lowest BCUT2D eigenvalue weighted by molar-refractivity contribution is 0.340. The number of hydrogen-bond donors (Lipinski definition) is 1. The van der Waals surface area contributed by atoms with Crippen LogP contribution in [0.3, 0.4) is 0 Å². The predicted molar refractivity (Wildman–Crippen MR) is 72.9 cm³/mol. The van der Waals surface area contributed by atoms with Crippen LogP contribution >= 0.6 is 0 Å². The van der Waals surface area contributed by atoms with E-state index >= 15 is 0 Å². The van der Waals surface area contributed by atoms with Gasteiger partial charge in [-0.1, -0.05) is 0 Å². The Bertz CT molecular complexity index is 519. The fourth-order valence-electron chi connectivity index (χ4n) is 3.17. The Morgan fingerprint density at radius 3 is 2.89 bits per heavy atom. The molecule has 0 aromatic carbocycles. The number of piperidine rings is 1. The zero-order valence-corrected chi connectivity index (χ0v) is 11.5. The highest BCUT2D eigenvalue weighted by atomic mass is 15.3. The predicted octanol–water partition coefficient (Wildman–Crippen LogP) is 1.15. The molecule has 2 atom stereocenters. The van der Waals surface area contributed by atoms with Gasteiger partial charge in [-0.05, 0) is 44.7 Å². The van der Waals surface area contributed by atoms with Crippen LogP contribution in [0.2, 0.25) is 0 Å². The first kappa shape index (κ1) is 12.4. The molecule has 2 saturated heterocycles. The van der Waals surface area contributed by atoms with Crippen molar-refractivity contribution in [1.82, 2.24) is 15.5 Å². The van der Waals surface area contributed by atoms with E-state index in [1.807, 2.05) is 13.8 Å². The first-order valence-electron chi connectivity index (χ1n) is 6.93. The molecule has 19 heavy (non-hydrogen) atoms. The van der Waals surface area contributed by atoms with Gasteiger partial charge in [0.05, 0.1) is 5.69 Å². The van der Waals surface area contributed by atoms with Crippen molar-refractivity contribution in [1.29, 1.82) is 5.26 Å². The number of nitrogens with zero attached hydrogens (tertiary/aromatic N) is 4. The summed E-state index contributed by atoms with van der Waals surface area (Å²) in [6, 6.07) is 2.84. The van der Waals surface area contributed by atoms with Gasteiger partial charge in [0.15, 0.2) is 5.82 Å². The summed E-state index contributed by atoms with van der Waals surface area (Å²) in [5.41, 5.74) is 2.48. The monoisotopic (exact) mass is 257 g/mol. The molecule has 100 valence electrons. The Morgan fingerprint density at radius 2 is 2.16 bits per heavy atom. The van der Waals surface area contributed by atoms with Gasteiger partial charge in [0, 0.05) is 19.1 Å². The van der Waals surface area contributed by atoms with Crippen LogP contribution in [0, 0.1) is 31.1 Å². The molecule has 1 aromatic rings. The third-order valence-corrected chi connectivity index (χ3v) is 4.45. The van der Waals surface area contributed by atoms with Gasteiger partial charge < -0.3 is 10.2 Å². The number of aromatic nitrogens is 2. The van der Waals surface area contributed by atoms with Gasteiger partial charge in [-0.15, -0.1) is 5.10 Å². The minimum atomic E-state index is 0.545. The molecule has 2 aliphatic heterocycles. The summed E-state index contributed by atoms with van der Waals surface area (Å²) in [6.07, 6.45) is 2.52. The Labute approximate surface area is 113 Å².